The largest absolute Gasteiger partial charge is 0.338 e. The monoisotopic (exact) mass is 529 g/mol. The summed E-state index contributed by atoms with van der Waals surface area (Å²) in [6.45, 7) is 9.57. The van der Waals surface area contributed by atoms with Crippen LogP contribution < -0.4 is 10.4 Å². The van der Waals surface area contributed by atoms with Crippen LogP contribution in [0.3, 0.4) is 0 Å². The van der Waals surface area contributed by atoms with Gasteiger partial charge in [-0.3, -0.25) is 29.9 Å². The first kappa shape index (κ1) is 26.6. The van der Waals surface area contributed by atoms with E-state index >= 15 is 0 Å². The second kappa shape index (κ2) is 10.6. The lowest BCUT2D eigenvalue weighted by Crippen LogP contribution is -2.54. The maximum absolute atomic E-state index is 13.5. The number of anilines is 1. The number of likely N-dealkylation sites (tertiary alicyclic amines) is 2. The highest BCUT2D eigenvalue weighted by Gasteiger charge is 2.48. The molecule has 5 heterocycles. The van der Waals surface area contributed by atoms with Gasteiger partial charge in [-0.1, -0.05) is 20.8 Å². The zero-order chi connectivity index (χ0) is 27.6. The number of nitrogens with one attached hydrogen (secondary N) is 1. The van der Waals surface area contributed by atoms with E-state index in [-0.39, 0.29) is 29.5 Å². The highest BCUT2D eigenvalue weighted by molar-refractivity contribution is 5.85. The van der Waals surface area contributed by atoms with E-state index in [9.17, 15) is 14.9 Å². The summed E-state index contributed by atoms with van der Waals surface area (Å²) in [6, 6.07) is 9.35. The maximum Gasteiger partial charge on any atom is 0.252 e. The predicted octanol–water partition coefficient (Wildman–Crippen LogP) is 2.39. The van der Waals surface area contributed by atoms with Gasteiger partial charge in [0.05, 0.1) is 18.2 Å². The van der Waals surface area contributed by atoms with Gasteiger partial charge in [-0.15, -0.1) is 0 Å². The second-order valence-corrected chi connectivity index (χ2v) is 11.8. The number of hydrogen-bond acceptors (Lipinski definition) is 8. The van der Waals surface area contributed by atoms with Crippen LogP contribution in [0.5, 0.6) is 0 Å². The number of carbonyl (C=O) groups is 2. The molecule has 1 atom stereocenters. The zero-order valence-corrected chi connectivity index (χ0v) is 22.8. The molecule has 0 saturated carbocycles. The Kier molecular flexibility index (Phi) is 7.23. The van der Waals surface area contributed by atoms with Crippen molar-refractivity contribution in [3.05, 3.63) is 54.1 Å². The molecule has 1 N–H and O–H groups in total. The highest BCUT2D eigenvalue weighted by Crippen LogP contribution is 2.40. The first-order valence-corrected chi connectivity index (χ1v) is 13.4. The van der Waals surface area contributed by atoms with E-state index in [2.05, 4.69) is 52.2 Å². The number of pyridine rings is 1. The summed E-state index contributed by atoms with van der Waals surface area (Å²) < 4.78 is 1.62. The summed E-state index contributed by atoms with van der Waals surface area (Å²) in [4.78, 5) is 39.3. The molecule has 2 aliphatic heterocycles. The molecule has 39 heavy (non-hydrogen) atoms. The summed E-state index contributed by atoms with van der Waals surface area (Å²) in [5.74, 6) is 0.573. The maximum atomic E-state index is 13.5. The average molecular weight is 530 g/mol. The number of rotatable bonds is 7. The van der Waals surface area contributed by atoms with Crippen LogP contribution in [0.4, 0.5) is 5.82 Å². The van der Waals surface area contributed by atoms with Crippen LogP contribution >= 0.6 is 0 Å². The van der Waals surface area contributed by atoms with E-state index in [1.54, 1.807) is 40.2 Å². The minimum absolute atomic E-state index is 0.160. The van der Waals surface area contributed by atoms with Gasteiger partial charge in [0.25, 0.3) is 5.91 Å². The Labute approximate surface area is 228 Å². The van der Waals surface area contributed by atoms with Gasteiger partial charge in [-0.05, 0) is 48.9 Å². The van der Waals surface area contributed by atoms with Gasteiger partial charge in [-0.25, -0.2) is 4.98 Å². The third kappa shape index (κ3) is 5.86. The van der Waals surface area contributed by atoms with Crippen molar-refractivity contribution in [2.45, 2.75) is 46.6 Å². The molecule has 0 aliphatic carbocycles. The molecule has 0 aromatic carbocycles. The standard InChI is InChI=1S/C28H35N9O2/c1-27(2,3)19-36(25-15-22(16-29)32-23-7-12-31-37(23)25)33-24(38)18-34-13-4-8-28(20-34)9-14-35(26(28)39)17-21-5-10-30-11-6-21/h5-7,10-12,15H,4,8-9,13-14,17-20H2,1-3H3,(H,33,38). The molecule has 0 radical (unpaired) electrons. The molecule has 2 aliphatic rings. The summed E-state index contributed by atoms with van der Waals surface area (Å²) in [5.41, 5.74) is 4.31. The Morgan fingerprint density at radius 3 is 2.72 bits per heavy atom. The summed E-state index contributed by atoms with van der Waals surface area (Å²) >= 11 is 0. The van der Waals surface area contributed by atoms with Crippen molar-refractivity contribution < 1.29 is 9.59 Å². The lowest BCUT2D eigenvalue weighted by atomic mass is 9.78. The molecule has 11 heteroatoms. The van der Waals surface area contributed by atoms with Gasteiger partial charge in [0.2, 0.25) is 5.91 Å². The second-order valence-electron chi connectivity index (χ2n) is 11.8. The van der Waals surface area contributed by atoms with E-state index < -0.39 is 5.41 Å². The number of aromatic nitrogens is 4. The minimum Gasteiger partial charge on any atom is -0.338 e. The fraction of sp³-hybridized carbons (Fsp3) is 0.500. The topological polar surface area (TPSA) is 123 Å². The summed E-state index contributed by atoms with van der Waals surface area (Å²) in [6.07, 6.45) is 7.64. The predicted molar refractivity (Wildman–Crippen MR) is 145 cm³/mol. The molecule has 2 fully saturated rings. The molecule has 0 bridgehead atoms. The Bertz CT molecular complexity index is 1390. The fourth-order valence-electron chi connectivity index (χ4n) is 5.68. The zero-order valence-electron chi connectivity index (χ0n) is 22.8. The number of fused-ring (bicyclic) bond motifs is 1. The number of amides is 2. The van der Waals surface area contributed by atoms with E-state index in [0.717, 1.165) is 37.9 Å². The number of hydrazine groups is 1. The van der Waals surface area contributed by atoms with Crippen molar-refractivity contribution in [1.82, 2.24) is 34.8 Å². The smallest absolute Gasteiger partial charge is 0.252 e. The molecule has 3 aromatic heterocycles. The SMILES string of the molecule is CC(C)(C)CN(NC(=O)CN1CCCC2(CCN(Cc3ccncc3)C2=O)C1)c1cc(C#N)nc2ccnn12. The summed E-state index contributed by atoms with van der Waals surface area (Å²) in [7, 11) is 0. The average Bonchev–Trinajstić information content (AvgIpc) is 3.48. The van der Waals surface area contributed by atoms with Gasteiger partial charge in [0, 0.05) is 50.7 Å². The van der Waals surface area contributed by atoms with Gasteiger partial charge >= 0.3 is 0 Å². The molecule has 1 unspecified atom stereocenters. The quantitative estimate of drug-likeness (QED) is 0.463. The van der Waals surface area contributed by atoms with Crippen LogP contribution in [0.1, 0.15) is 51.3 Å². The van der Waals surface area contributed by atoms with Crippen LogP contribution in [-0.4, -0.2) is 73.9 Å². The lowest BCUT2D eigenvalue weighted by molar-refractivity contribution is -0.140. The molecular weight excluding hydrogens is 494 g/mol. The van der Waals surface area contributed by atoms with Crippen LogP contribution in [0.25, 0.3) is 5.65 Å². The Morgan fingerprint density at radius 2 is 1.97 bits per heavy atom. The number of piperidine rings is 1. The van der Waals surface area contributed by atoms with Crippen molar-refractivity contribution in [3.63, 3.8) is 0 Å². The van der Waals surface area contributed by atoms with Crippen LogP contribution in [0, 0.1) is 22.2 Å². The third-order valence-corrected chi connectivity index (χ3v) is 7.37. The van der Waals surface area contributed by atoms with Gasteiger partial charge < -0.3 is 4.90 Å². The fourth-order valence-corrected chi connectivity index (χ4v) is 5.68. The third-order valence-electron chi connectivity index (χ3n) is 7.37. The molecule has 2 amide bonds. The minimum atomic E-state index is -0.440. The van der Waals surface area contributed by atoms with Crippen molar-refractivity contribution >= 4 is 23.3 Å². The van der Waals surface area contributed by atoms with Crippen LogP contribution in [0.2, 0.25) is 0 Å². The van der Waals surface area contributed by atoms with Gasteiger partial charge in [0.15, 0.2) is 11.5 Å². The Hall–Kier alpha value is -4.04. The molecule has 3 aromatic rings. The van der Waals surface area contributed by atoms with Crippen molar-refractivity contribution in [1.29, 1.82) is 5.26 Å². The van der Waals surface area contributed by atoms with Crippen molar-refractivity contribution in [3.8, 4) is 6.07 Å². The molecule has 5 rings (SSSR count). The normalized spacial score (nSPS) is 19.9. The molecule has 204 valence electrons. The molecular formula is C28H35N9O2. The summed E-state index contributed by atoms with van der Waals surface area (Å²) in [5, 5.41) is 15.6. The van der Waals surface area contributed by atoms with Crippen LogP contribution in [0.15, 0.2) is 42.9 Å². The number of hydrogen-bond donors (Lipinski definition) is 1. The van der Waals surface area contributed by atoms with Crippen LogP contribution in [-0.2, 0) is 16.1 Å². The van der Waals surface area contributed by atoms with Crippen molar-refractivity contribution in [2.24, 2.45) is 10.8 Å². The van der Waals surface area contributed by atoms with E-state index in [4.69, 9.17) is 0 Å². The van der Waals surface area contributed by atoms with E-state index in [1.807, 2.05) is 17.0 Å². The lowest BCUT2D eigenvalue weighted by Gasteiger charge is -2.39. The highest BCUT2D eigenvalue weighted by atomic mass is 16.2. The molecule has 11 nitrogen and oxygen atoms in total. The van der Waals surface area contributed by atoms with E-state index in [0.29, 0.717) is 31.1 Å². The Balaban J connectivity index is 1.28. The van der Waals surface area contributed by atoms with Gasteiger partial charge in [0.1, 0.15) is 11.8 Å². The first-order chi connectivity index (χ1) is 18.7. The molecule has 2 saturated heterocycles. The number of nitrogens with zero attached hydrogens (tertiary/aromatic N) is 8. The number of nitriles is 1. The number of carbonyl (C=O) groups excluding carboxylic acids is 2. The molecule has 1 spiro atoms. The first-order valence-electron chi connectivity index (χ1n) is 13.4. The Morgan fingerprint density at radius 1 is 1.18 bits per heavy atom. The van der Waals surface area contributed by atoms with Gasteiger partial charge in [-0.2, -0.15) is 14.9 Å². The van der Waals surface area contributed by atoms with E-state index in [1.165, 1.54) is 0 Å². The van der Waals surface area contributed by atoms with Crippen molar-refractivity contribution in [2.75, 3.05) is 37.7 Å².